The molecule has 3 heteroatoms. The molecule has 0 unspecified atom stereocenters. The number of ketones is 1. The first-order valence-corrected chi connectivity index (χ1v) is 6.13. The first kappa shape index (κ1) is 12.8. The lowest BCUT2D eigenvalue weighted by molar-refractivity contribution is 0.104. The fourth-order valence-electron chi connectivity index (χ4n) is 2.22. The minimum Gasteiger partial charge on any atom is -0.468 e. The van der Waals surface area contributed by atoms with Crippen LogP contribution in [0.2, 0.25) is 0 Å². The molecule has 0 bridgehead atoms. The van der Waals surface area contributed by atoms with Gasteiger partial charge in [0.1, 0.15) is 5.76 Å². The molecule has 0 saturated carbocycles. The number of hydrogen-bond donors (Lipinski definition) is 1. The molecule has 1 atom stereocenters. The van der Waals surface area contributed by atoms with Crippen molar-refractivity contribution in [1.82, 2.24) is 0 Å². The van der Waals surface area contributed by atoms with Gasteiger partial charge in [0.2, 0.25) is 0 Å². The molecule has 1 aliphatic carbocycles. The molecule has 1 aromatic rings. The summed E-state index contributed by atoms with van der Waals surface area (Å²) < 4.78 is 5.42. The van der Waals surface area contributed by atoms with Gasteiger partial charge < -0.3 is 9.52 Å². The molecule has 0 aliphatic heterocycles. The highest BCUT2D eigenvalue weighted by molar-refractivity contribution is 6.06. The Morgan fingerprint density at radius 1 is 1.44 bits per heavy atom. The van der Waals surface area contributed by atoms with Gasteiger partial charge in [0.15, 0.2) is 5.78 Å². The van der Waals surface area contributed by atoms with Crippen LogP contribution in [0, 0.1) is 6.92 Å². The lowest BCUT2D eigenvalue weighted by Gasteiger charge is -2.15. The van der Waals surface area contributed by atoms with Crippen LogP contribution < -0.4 is 0 Å². The van der Waals surface area contributed by atoms with Crippen molar-refractivity contribution in [2.45, 2.75) is 39.2 Å². The molecule has 0 spiro atoms. The van der Waals surface area contributed by atoms with Gasteiger partial charge in [0.25, 0.3) is 0 Å². The van der Waals surface area contributed by atoms with Gasteiger partial charge in [0.05, 0.1) is 17.9 Å². The van der Waals surface area contributed by atoms with Crippen LogP contribution in [0.25, 0.3) is 0 Å². The van der Waals surface area contributed by atoms with Gasteiger partial charge >= 0.3 is 0 Å². The highest BCUT2D eigenvalue weighted by Gasteiger charge is 2.21. The van der Waals surface area contributed by atoms with E-state index in [0.717, 1.165) is 11.1 Å². The van der Waals surface area contributed by atoms with E-state index in [0.29, 0.717) is 36.2 Å². The first-order chi connectivity index (χ1) is 8.49. The monoisotopic (exact) mass is 246 g/mol. The lowest BCUT2D eigenvalue weighted by atomic mass is 9.94. The third-order valence-corrected chi connectivity index (χ3v) is 3.35. The van der Waals surface area contributed by atoms with Crippen molar-refractivity contribution in [1.29, 1.82) is 0 Å². The van der Waals surface area contributed by atoms with E-state index in [1.807, 2.05) is 13.8 Å². The van der Waals surface area contributed by atoms with Crippen molar-refractivity contribution in [3.05, 3.63) is 47.0 Å². The molecule has 1 aromatic heterocycles. The third kappa shape index (κ3) is 2.46. The highest BCUT2D eigenvalue weighted by Crippen LogP contribution is 2.25. The second-order valence-electron chi connectivity index (χ2n) is 4.96. The molecule has 0 saturated heterocycles. The summed E-state index contributed by atoms with van der Waals surface area (Å²) in [5, 5.41) is 9.96. The Morgan fingerprint density at radius 3 is 2.89 bits per heavy atom. The third-order valence-electron chi connectivity index (χ3n) is 3.35. The Labute approximate surface area is 107 Å². The predicted molar refractivity (Wildman–Crippen MR) is 69.6 cm³/mol. The molecular weight excluding hydrogens is 228 g/mol. The number of carbonyl (C=O) groups excluding carboxylic acids is 1. The topological polar surface area (TPSA) is 50.4 Å². The van der Waals surface area contributed by atoms with Crippen LogP contribution in [0.3, 0.4) is 0 Å². The summed E-state index contributed by atoms with van der Waals surface area (Å²) in [6.45, 7) is 7.65. The molecule has 1 aliphatic rings. The van der Waals surface area contributed by atoms with E-state index in [1.165, 1.54) is 0 Å². The summed E-state index contributed by atoms with van der Waals surface area (Å²) in [5.41, 5.74) is 3.12. The molecule has 1 N–H and O–H groups in total. The van der Waals surface area contributed by atoms with Gasteiger partial charge in [-0.25, -0.2) is 0 Å². The number of hydrogen-bond acceptors (Lipinski definition) is 3. The van der Waals surface area contributed by atoms with E-state index in [-0.39, 0.29) is 5.78 Å². The lowest BCUT2D eigenvalue weighted by Crippen LogP contribution is -2.14. The molecule has 96 valence electrons. The number of furan rings is 1. The minimum absolute atomic E-state index is 0.0158. The quantitative estimate of drug-likeness (QED) is 0.716. The van der Waals surface area contributed by atoms with Crippen LogP contribution in [0.15, 0.2) is 34.5 Å². The van der Waals surface area contributed by atoms with Crippen LogP contribution in [0.4, 0.5) is 0 Å². The van der Waals surface area contributed by atoms with Crippen LogP contribution in [0.5, 0.6) is 0 Å². The zero-order valence-corrected chi connectivity index (χ0v) is 10.8. The Hall–Kier alpha value is -1.61. The Kier molecular flexibility index (Phi) is 3.53. The fourth-order valence-corrected chi connectivity index (χ4v) is 2.22. The van der Waals surface area contributed by atoms with Gasteiger partial charge in [-0.1, -0.05) is 12.2 Å². The number of aliphatic hydroxyl groups is 1. The van der Waals surface area contributed by atoms with Gasteiger partial charge in [-0.2, -0.15) is 0 Å². The van der Waals surface area contributed by atoms with Crippen LogP contribution >= 0.6 is 0 Å². The van der Waals surface area contributed by atoms with Crippen LogP contribution in [-0.4, -0.2) is 17.0 Å². The normalized spacial score (nSPS) is 24.4. The summed E-state index contributed by atoms with van der Waals surface area (Å²) in [6.07, 6.45) is 4.41. The maximum Gasteiger partial charge on any atom is 0.189 e. The summed E-state index contributed by atoms with van der Waals surface area (Å²) >= 11 is 0. The van der Waals surface area contributed by atoms with Crippen molar-refractivity contribution in [3.8, 4) is 0 Å². The fraction of sp³-hybridized carbons (Fsp3) is 0.400. The molecule has 0 amide bonds. The van der Waals surface area contributed by atoms with Crippen molar-refractivity contribution in [2.24, 2.45) is 0 Å². The second-order valence-corrected chi connectivity index (χ2v) is 4.96. The number of aryl methyl sites for hydroxylation is 1. The summed E-state index contributed by atoms with van der Waals surface area (Å²) in [4.78, 5) is 12.2. The van der Waals surface area contributed by atoms with Crippen molar-refractivity contribution in [2.75, 3.05) is 0 Å². The zero-order chi connectivity index (χ0) is 13.3. The summed E-state index contributed by atoms with van der Waals surface area (Å²) in [6, 6.07) is 0. The molecule has 0 radical (unpaired) electrons. The van der Waals surface area contributed by atoms with E-state index >= 15 is 0 Å². The van der Waals surface area contributed by atoms with Crippen LogP contribution in [-0.2, 0) is 6.42 Å². The standard InChI is InChI=1S/C15H18O3/c1-9-4-5-12(16)10(2)7-14-15(13(17)6-9)11(3)8-18-14/h6,8,12,16H,2,4-5,7H2,1,3H3/b9-6+/t12-/m0/s1. The zero-order valence-electron chi connectivity index (χ0n) is 10.8. The van der Waals surface area contributed by atoms with Gasteiger partial charge in [0, 0.05) is 6.42 Å². The average molecular weight is 246 g/mol. The number of allylic oxidation sites excluding steroid dienone is 2. The van der Waals surface area contributed by atoms with E-state index < -0.39 is 6.10 Å². The van der Waals surface area contributed by atoms with Crippen LogP contribution in [0.1, 0.15) is 41.4 Å². The van der Waals surface area contributed by atoms with E-state index in [9.17, 15) is 9.90 Å². The number of fused-ring (bicyclic) bond motifs is 1. The number of rotatable bonds is 0. The maximum atomic E-state index is 12.2. The van der Waals surface area contributed by atoms with Crippen molar-refractivity contribution >= 4 is 5.78 Å². The highest BCUT2D eigenvalue weighted by atomic mass is 16.3. The SMILES string of the molecule is C=C1Cc2occ(C)c2C(=O)/C=C(\C)CC[C@@H]1O. The molecule has 0 aromatic carbocycles. The Morgan fingerprint density at radius 2 is 2.17 bits per heavy atom. The second kappa shape index (κ2) is 4.94. The molecule has 3 nitrogen and oxygen atoms in total. The minimum atomic E-state index is -0.542. The molecule has 18 heavy (non-hydrogen) atoms. The molecule has 0 fully saturated rings. The predicted octanol–water partition coefficient (Wildman–Crippen LogP) is 2.97. The molecular formula is C15H18O3. The van der Waals surface area contributed by atoms with Gasteiger partial charge in [-0.3, -0.25) is 4.79 Å². The molecule has 2 rings (SSSR count). The number of aliphatic hydroxyl groups excluding tert-OH is 1. The average Bonchev–Trinajstić information content (AvgIpc) is 2.66. The Bertz CT molecular complexity index is 520. The summed E-state index contributed by atoms with van der Waals surface area (Å²) in [5.74, 6) is 0.588. The van der Waals surface area contributed by atoms with Gasteiger partial charge in [-0.15, -0.1) is 0 Å². The van der Waals surface area contributed by atoms with Crippen molar-refractivity contribution < 1.29 is 14.3 Å². The van der Waals surface area contributed by atoms with E-state index in [2.05, 4.69) is 6.58 Å². The van der Waals surface area contributed by atoms with E-state index in [1.54, 1.807) is 12.3 Å². The maximum absolute atomic E-state index is 12.2. The largest absolute Gasteiger partial charge is 0.468 e. The smallest absolute Gasteiger partial charge is 0.189 e. The molecule has 1 heterocycles. The number of carbonyl (C=O) groups is 1. The van der Waals surface area contributed by atoms with E-state index in [4.69, 9.17) is 4.42 Å². The Balaban J connectivity index is 2.47. The first-order valence-electron chi connectivity index (χ1n) is 6.13. The van der Waals surface area contributed by atoms with Crippen molar-refractivity contribution in [3.63, 3.8) is 0 Å². The summed E-state index contributed by atoms with van der Waals surface area (Å²) in [7, 11) is 0. The van der Waals surface area contributed by atoms with Gasteiger partial charge in [-0.05, 0) is 43.9 Å².